The zero-order chi connectivity index (χ0) is 11.3. The second kappa shape index (κ2) is 5.85. The average molecular weight is 233 g/mol. The summed E-state index contributed by atoms with van der Waals surface area (Å²) in [6.45, 7) is 2.44. The van der Waals surface area contributed by atoms with Gasteiger partial charge >= 0.3 is 0 Å². The molecule has 0 saturated heterocycles. The highest BCUT2D eigenvalue weighted by molar-refractivity contribution is 7.92. The van der Waals surface area contributed by atoms with Gasteiger partial charge in [0.1, 0.15) is 0 Å². The summed E-state index contributed by atoms with van der Waals surface area (Å²) < 4.78 is 24.1. The number of rotatable bonds is 4. The van der Waals surface area contributed by atoms with Crippen LogP contribution in [0.3, 0.4) is 0 Å². The van der Waals surface area contributed by atoms with Crippen LogP contribution >= 0.6 is 0 Å². The third-order valence-electron chi connectivity index (χ3n) is 3.34. The highest BCUT2D eigenvalue weighted by Gasteiger charge is 2.32. The van der Waals surface area contributed by atoms with Crippen LogP contribution in [0.5, 0.6) is 0 Å². The fourth-order valence-electron chi connectivity index (χ4n) is 2.53. The molecule has 1 saturated carbocycles. The Balaban J connectivity index is 2.78. The highest BCUT2D eigenvalue weighted by atomic mass is 32.2. The fraction of sp³-hybridized carbons (Fsp3) is 1.00. The van der Waals surface area contributed by atoms with Crippen LogP contribution in [0.4, 0.5) is 0 Å². The molecule has 0 aromatic carbocycles. The van der Waals surface area contributed by atoms with Crippen molar-refractivity contribution < 1.29 is 8.42 Å². The monoisotopic (exact) mass is 233 g/mol. The zero-order valence-corrected chi connectivity index (χ0v) is 10.4. The third-order valence-corrected chi connectivity index (χ3v) is 5.86. The molecule has 0 aliphatic heterocycles. The molecule has 15 heavy (non-hydrogen) atoms. The lowest BCUT2D eigenvalue weighted by atomic mass is 10.0. The predicted molar refractivity (Wildman–Crippen MR) is 63.5 cm³/mol. The van der Waals surface area contributed by atoms with Crippen LogP contribution in [0.1, 0.15) is 45.4 Å². The van der Waals surface area contributed by atoms with Gasteiger partial charge in [-0.25, -0.2) is 8.42 Å². The molecule has 0 bridgehead atoms. The molecule has 4 heteroatoms. The van der Waals surface area contributed by atoms with E-state index in [1.54, 1.807) is 0 Å². The maximum Gasteiger partial charge on any atom is 0.153 e. The molecule has 0 heterocycles. The van der Waals surface area contributed by atoms with E-state index < -0.39 is 9.84 Å². The van der Waals surface area contributed by atoms with Crippen LogP contribution in [0.15, 0.2) is 0 Å². The molecule has 0 spiro atoms. The SMILES string of the molecule is CCCS(=O)(=O)C1CCCCCC1CN. The summed E-state index contributed by atoms with van der Waals surface area (Å²) in [7, 11) is -2.90. The smallest absolute Gasteiger partial charge is 0.153 e. The summed E-state index contributed by atoms with van der Waals surface area (Å²) in [4.78, 5) is 0. The Labute approximate surface area is 93.3 Å². The van der Waals surface area contributed by atoms with Gasteiger partial charge in [-0.15, -0.1) is 0 Å². The van der Waals surface area contributed by atoms with Crippen molar-refractivity contribution in [2.24, 2.45) is 11.7 Å². The summed E-state index contributed by atoms with van der Waals surface area (Å²) in [5.74, 6) is 0.526. The average Bonchev–Trinajstić information content (AvgIpc) is 2.42. The first-order valence-electron chi connectivity index (χ1n) is 6.03. The number of hydrogen-bond acceptors (Lipinski definition) is 3. The van der Waals surface area contributed by atoms with E-state index in [0.29, 0.717) is 12.3 Å². The molecule has 90 valence electrons. The van der Waals surface area contributed by atoms with Crippen LogP contribution in [0.25, 0.3) is 0 Å². The van der Waals surface area contributed by atoms with Crippen LogP contribution in [0.2, 0.25) is 0 Å². The zero-order valence-electron chi connectivity index (χ0n) is 9.61. The van der Waals surface area contributed by atoms with E-state index in [0.717, 1.165) is 38.5 Å². The molecule has 2 N–H and O–H groups in total. The van der Waals surface area contributed by atoms with Crippen molar-refractivity contribution in [3.05, 3.63) is 0 Å². The van der Waals surface area contributed by atoms with Gasteiger partial charge in [0.2, 0.25) is 0 Å². The summed E-state index contributed by atoms with van der Waals surface area (Å²) in [5, 5.41) is -0.162. The van der Waals surface area contributed by atoms with E-state index >= 15 is 0 Å². The van der Waals surface area contributed by atoms with Crippen LogP contribution in [0, 0.1) is 5.92 Å². The van der Waals surface area contributed by atoms with E-state index in [2.05, 4.69) is 0 Å². The van der Waals surface area contributed by atoms with Gasteiger partial charge in [0.25, 0.3) is 0 Å². The molecule has 3 nitrogen and oxygen atoms in total. The minimum atomic E-state index is -2.90. The number of nitrogens with two attached hydrogens (primary N) is 1. The highest BCUT2D eigenvalue weighted by Crippen LogP contribution is 2.28. The maximum atomic E-state index is 12.1. The molecule has 0 amide bonds. The summed E-state index contributed by atoms with van der Waals surface area (Å²) in [5.41, 5.74) is 5.69. The summed E-state index contributed by atoms with van der Waals surface area (Å²) in [6, 6.07) is 0. The van der Waals surface area contributed by atoms with Crippen LogP contribution in [-0.2, 0) is 9.84 Å². The molecule has 2 atom stereocenters. The van der Waals surface area contributed by atoms with Gasteiger partial charge in [0, 0.05) is 0 Å². The van der Waals surface area contributed by atoms with Gasteiger partial charge in [0.05, 0.1) is 11.0 Å². The van der Waals surface area contributed by atoms with Crippen molar-refractivity contribution in [3.8, 4) is 0 Å². The first-order valence-corrected chi connectivity index (χ1v) is 7.75. The van der Waals surface area contributed by atoms with Gasteiger partial charge in [-0.2, -0.15) is 0 Å². The Morgan fingerprint density at radius 1 is 1.20 bits per heavy atom. The lowest BCUT2D eigenvalue weighted by Gasteiger charge is -2.23. The second-order valence-corrected chi connectivity index (χ2v) is 6.88. The first-order chi connectivity index (χ1) is 7.11. The Bertz CT molecular complexity index is 274. The molecule has 1 aliphatic rings. The molecule has 0 aromatic heterocycles. The molecule has 1 aliphatic carbocycles. The Morgan fingerprint density at radius 3 is 2.47 bits per heavy atom. The minimum Gasteiger partial charge on any atom is -0.330 e. The Kier molecular flexibility index (Phi) is 5.06. The number of hydrogen-bond donors (Lipinski definition) is 1. The molecule has 0 aromatic rings. The van der Waals surface area contributed by atoms with Crippen molar-refractivity contribution in [3.63, 3.8) is 0 Å². The summed E-state index contributed by atoms with van der Waals surface area (Å²) >= 11 is 0. The van der Waals surface area contributed by atoms with E-state index in [4.69, 9.17) is 5.73 Å². The first kappa shape index (κ1) is 13.0. The molecule has 0 radical (unpaired) electrons. The van der Waals surface area contributed by atoms with Gasteiger partial charge in [-0.3, -0.25) is 0 Å². The largest absolute Gasteiger partial charge is 0.330 e. The van der Waals surface area contributed by atoms with Gasteiger partial charge in [-0.1, -0.05) is 26.2 Å². The molecule has 2 unspecified atom stereocenters. The Hall–Kier alpha value is -0.0900. The third kappa shape index (κ3) is 3.45. The van der Waals surface area contributed by atoms with E-state index in [1.807, 2.05) is 6.92 Å². The quantitative estimate of drug-likeness (QED) is 0.752. The summed E-state index contributed by atoms with van der Waals surface area (Å²) in [6.07, 6.45) is 5.88. The van der Waals surface area contributed by atoms with Crippen molar-refractivity contribution in [2.45, 2.75) is 50.7 Å². The van der Waals surface area contributed by atoms with Gasteiger partial charge < -0.3 is 5.73 Å². The van der Waals surface area contributed by atoms with Crippen LogP contribution < -0.4 is 5.73 Å². The van der Waals surface area contributed by atoms with E-state index in [9.17, 15) is 8.42 Å². The van der Waals surface area contributed by atoms with Crippen molar-refractivity contribution in [2.75, 3.05) is 12.3 Å². The predicted octanol–water partition coefficient (Wildman–Crippen LogP) is 1.72. The lowest BCUT2D eigenvalue weighted by Crippen LogP contribution is -2.35. The lowest BCUT2D eigenvalue weighted by molar-refractivity contribution is 0.456. The van der Waals surface area contributed by atoms with E-state index in [1.165, 1.54) is 0 Å². The molecule has 1 rings (SSSR count). The van der Waals surface area contributed by atoms with Crippen molar-refractivity contribution in [1.29, 1.82) is 0 Å². The van der Waals surface area contributed by atoms with Gasteiger partial charge in [0.15, 0.2) is 9.84 Å². The van der Waals surface area contributed by atoms with Crippen molar-refractivity contribution >= 4 is 9.84 Å². The minimum absolute atomic E-state index is 0.162. The van der Waals surface area contributed by atoms with E-state index in [-0.39, 0.29) is 11.2 Å². The normalized spacial score (nSPS) is 28.7. The molecule has 1 fully saturated rings. The van der Waals surface area contributed by atoms with Crippen LogP contribution in [-0.4, -0.2) is 26.0 Å². The maximum absolute atomic E-state index is 12.1. The van der Waals surface area contributed by atoms with Crippen molar-refractivity contribution in [1.82, 2.24) is 0 Å². The fourth-order valence-corrected chi connectivity index (χ4v) is 4.76. The second-order valence-electron chi connectivity index (χ2n) is 4.54. The Morgan fingerprint density at radius 2 is 1.87 bits per heavy atom. The topological polar surface area (TPSA) is 60.2 Å². The van der Waals surface area contributed by atoms with Gasteiger partial charge in [-0.05, 0) is 31.7 Å². The standard InChI is InChI=1S/C11H23NO2S/c1-2-8-15(13,14)11-7-5-3-4-6-10(11)9-12/h10-11H,2-9,12H2,1H3. The molecular weight excluding hydrogens is 210 g/mol. The molecular formula is C11H23NO2S. The number of sulfone groups is 1.